The maximum absolute atomic E-state index is 11.8. The fourth-order valence-corrected chi connectivity index (χ4v) is 4.05. The van der Waals surface area contributed by atoms with Crippen molar-refractivity contribution in [3.8, 4) is 0 Å². The van der Waals surface area contributed by atoms with Crippen LogP contribution in [0.4, 0.5) is 0 Å². The normalized spacial score (nSPS) is 22.2. The van der Waals surface area contributed by atoms with E-state index < -0.39 is 18.7 Å². The molecule has 1 amide bonds. The molecular formula is C10H11NO5S2. The molecule has 0 saturated carbocycles. The van der Waals surface area contributed by atoms with Crippen molar-refractivity contribution in [3.63, 3.8) is 0 Å². The molecule has 1 atom stereocenters. The van der Waals surface area contributed by atoms with E-state index in [9.17, 15) is 14.4 Å². The van der Waals surface area contributed by atoms with Crippen molar-refractivity contribution in [1.82, 2.24) is 4.90 Å². The van der Waals surface area contributed by atoms with Crippen LogP contribution in [-0.4, -0.2) is 34.9 Å². The highest BCUT2D eigenvalue weighted by atomic mass is 33.1. The molecule has 8 heteroatoms. The Hall–Kier alpha value is -1.15. The number of esters is 2. The van der Waals surface area contributed by atoms with Crippen LogP contribution in [0.2, 0.25) is 0 Å². The number of carbonyl (C=O) groups is 3. The lowest BCUT2D eigenvalue weighted by molar-refractivity contribution is -0.166. The van der Waals surface area contributed by atoms with Crippen LogP contribution in [0.1, 0.15) is 20.3 Å². The van der Waals surface area contributed by atoms with Crippen LogP contribution in [0, 0.1) is 0 Å². The molecule has 0 aliphatic carbocycles. The van der Waals surface area contributed by atoms with Gasteiger partial charge in [-0.05, 0) is 6.92 Å². The topological polar surface area (TPSA) is 72.9 Å². The highest BCUT2D eigenvalue weighted by molar-refractivity contribution is 8.78. The Bertz CT molecular complexity index is 448. The predicted octanol–water partition coefficient (Wildman–Crippen LogP) is 1.24. The fourth-order valence-electron chi connectivity index (χ4n) is 1.55. The summed E-state index contributed by atoms with van der Waals surface area (Å²) >= 11 is 0. The largest absolute Gasteiger partial charge is 0.428 e. The van der Waals surface area contributed by atoms with Crippen LogP contribution in [0.3, 0.4) is 0 Å². The zero-order valence-electron chi connectivity index (χ0n) is 9.80. The summed E-state index contributed by atoms with van der Waals surface area (Å²) in [6.45, 7) is 2.54. The zero-order chi connectivity index (χ0) is 13.3. The van der Waals surface area contributed by atoms with Crippen LogP contribution < -0.4 is 0 Å². The Morgan fingerprint density at radius 3 is 2.78 bits per heavy atom. The molecule has 2 heterocycles. The Kier molecular flexibility index (Phi) is 3.86. The molecule has 0 N–H and O–H groups in total. The van der Waals surface area contributed by atoms with Crippen LogP contribution >= 0.6 is 21.6 Å². The van der Waals surface area contributed by atoms with Gasteiger partial charge in [0, 0.05) is 11.8 Å². The lowest BCUT2D eigenvalue weighted by atomic mass is 10.1. The number of nitrogens with zero attached hydrogens (tertiary/aromatic N) is 1. The number of β-lactam (4-membered cyclic amide) rings is 1. The molecule has 0 radical (unpaired) electrons. The average Bonchev–Trinajstić information content (AvgIpc) is 2.29. The van der Waals surface area contributed by atoms with Crippen LogP contribution in [0.5, 0.6) is 0 Å². The number of amides is 1. The number of fused-ring (bicyclic) bond motifs is 1. The average molecular weight is 289 g/mol. The summed E-state index contributed by atoms with van der Waals surface area (Å²) in [6.07, 6.45) is 0.436. The third kappa shape index (κ3) is 2.49. The van der Waals surface area contributed by atoms with Gasteiger partial charge in [-0.15, -0.1) is 0 Å². The van der Waals surface area contributed by atoms with E-state index in [1.165, 1.54) is 22.6 Å². The molecule has 1 fully saturated rings. The van der Waals surface area contributed by atoms with Gasteiger partial charge in [0.05, 0.1) is 6.42 Å². The van der Waals surface area contributed by atoms with Gasteiger partial charge < -0.3 is 9.47 Å². The van der Waals surface area contributed by atoms with Gasteiger partial charge in [0.15, 0.2) is 0 Å². The Morgan fingerprint density at radius 1 is 1.44 bits per heavy atom. The van der Waals surface area contributed by atoms with Gasteiger partial charge in [-0.3, -0.25) is 14.5 Å². The molecule has 0 unspecified atom stereocenters. The fraction of sp³-hybridized carbons (Fsp3) is 0.500. The second-order valence-corrected chi connectivity index (χ2v) is 6.29. The van der Waals surface area contributed by atoms with Crippen LogP contribution in [0.15, 0.2) is 10.6 Å². The summed E-state index contributed by atoms with van der Waals surface area (Å²) in [5.41, 5.74) is 0.257. The minimum atomic E-state index is -0.639. The zero-order valence-corrected chi connectivity index (χ0v) is 11.4. The number of ether oxygens (including phenoxy) is 2. The third-order valence-electron chi connectivity index (χ3n) is 2.41. The molecule has 18 heavy (non-hydrogen) atoms. The molecule has 0 aromatic carbocycles. The monoisotopic (exact) mass is 289 g/mol. The van der Waals surface area contributed by atoms with E-state index in [-0.39, 0.29) is 17.0 Å². The first-order valence-electron chi connectivity index (χ1n) is 5.17. The van der Waals surface area contributed by atoms with E-state index in [4.69, 9.17) is 4.74 Å². The highest BCUT2D eigenvalue weighted by Gasteiger charge is 2.45. The predicted molar refractivity (Wildman–Crippen MR) is 65.9 cm³/mol. The maximum atomic E-state index is 11.8. The van der Waals surface area contributed by atoms with Gasteiger partial charge in [-0.1, -0.05) is 21.6 Å². The molecule has 0 spiro atoms. The molecule has 98 valence electrons. The van der Waals surface area contributed by atoms with Gasteiger partial charge >= 0.3 is 11.9 Å². The smallest absolute Gasteiger partial charge is 0.358 e. The van der Waals surface area contributed by atoms with E-state index in [0.29, 0.717) is 6.42 Å². The molecule has 2 aliphatic rings. The molecule has 6 nitrogen and oxygen atoms in total. The van der Waals surface area contributed by atoms with Gasteiger partial charge in [0.1, 0.15) is 11.1 Å². The molecular weight excluding hydrogens is 278 g/mol. The summed E-state index contributed by atoms with van der Waals surface area (Å²) in [7, 11) is 3.00. The maximum Gasteiger partial charge on any atom is 0.358 e. The molecule has 0 aromatic rings. The minimum Gasteiger partial charge on any atom is -0.428 e. The van der Waals surface area contributed by atoms with E-state index in [1.807, 2.05) is 0 Å². The number of allylic oxidation sites excluding steroid dienone is 1. The van der Waals surface area contributed by atoms with Crippen molar-refractivity contribution in [2.45, 2.75) is 25.6 Å². The molecule has 0 bridgehead atoms. The van der Waals surface area contributed by atoms with Gasteiger partial charge in [-0.25, -0.2) is 4.79 Å². The van der Waals surface area contributed by atoms with Crippen molar-refractivity contribution < 1.29 is 23.9 Å². The highest BCUT2D eigenvalue weighted by Crippen LogP contribution is 2.49. The summed E-state index contributed by atoms with van der Waals surface area (Å²) in [4.78, 5) is 36.0. The quantitative estimate of drug-likeness (QED) is 0.335. The Morgan fingerprint density at radius 2 is 2.17 bits per heavy atom. The second kappa shape index (κ2) is 5.23. The summed E-state index contributed by atoms with van der Waals surface area (Å²) in [5.74, 6) is -1.26. The van der Waals surface area contributed by atoms with E-state index in [2.05, 4.69) is 4.74 Å². The van der Waals surface area contributed by atoms with E-state index in [0.717, 1.165) is 4.91 Å². The number of carbonyl (C=O) groups excluding carboxylic acids is 3. The van der Waals surface area contributed by atoms with Gasteiger partial charge in [-0.2, -0.15) is 0 Å². The lowest BCUT2D eigenvalue weighted by Crippen LogP contribution is -2.52. The second-order valence-electron chi connectivity index (χ2n) is 3.69. The Balaban J connectivity index is 2.03. The first-order valence-corrected chi connectivity index (χ1v) is 7.38. The standard InChI is InChI=1S/C10H11NO5S2/c1-5-9(10(14)16-4-15-6(2)12)11-7(13)3-8(11)18-17-5/h8H,3-4H2,1-2H3/t8-/m1/s1. The Labute approximate surface area is 111 Å². The van der Waals surface area contributed by atoms with Crippen molar-refractivity contribution in [2.24, 2.45) is 0 Å². The van der Waals surface area contributed by atoms with E-state index in [1.54, 1.807) is 17.7 Å². The number of rotatable bonds is 3. The lowest BCUT2D eigenvalue weighted by Gasteiger charge is -2.43. The first-order chi connectivity index (χ1) is 8.50. The summed E-state index contributed by atoms with van der Waals surface area (Å²) in [5, 5.41) is 0.00229. The molecule has 2 rings (SSSR count). The van der Waals surface area contributed by atoms with Crippen molar-refractivity contribution in [3.05, 3.63) is 10.6 Å². The van der Waals surface area contributed by atoms with E-state index >= 15 is 0 Å². The summed E-state index contributed by atoms with van der Waals surface area (Å²) < 4.78 is 9.33. The molecule has 1 saturated heterocycles. The molecule has 2 aliphatic heterocycles. The van der Waals surface area contributed by atoms with Crippen molar-refractivity contribution >= 4 is 39.4 Å². The van der Waals surface area contributed by atoms with Crippen molar-refractivity contribution in [2.75, 3.05) is 6.79 Å². The number of hydrogen-bond donors (Lipinski definition) is 0. The van der Waals surface area contributed by atoms with Crippen molar-refractivity contribution in [1.29, 1.82) is 0 Å². The van der Waals surface area contributed by atoms with Gasteiger partial charge in [0.2, 0.25) is 12.7 Å². The minimum absolute atomic E-state index is 0.00229. The molecule has 0 aromatic heterocycles. The van der Waals surface area contributed by atoms with Crippen LogP contribution in [0.25, 0.3) is 0 Å². The SMILES string of the molecule is CC(=O)OCOC(=O)C1=C(C)SS[C@@H]2CC(=O)N12. The van der Waals surface area contributed by atoms with Crippen LogP contribution in [-0.2, 0) is 23.9 Å². The summed E-state index contributed by atoms with van der Waals surface area (Å²) in [6, 6.07) is 0. The third-order valence-corrected chi connectivity index (χ3v) is 5.25. The number of hydrogen-bond acceptors (Lipinski definition) is 7. The van der Waals surface area contributed by atoms with Gasteiger partial charge in [0.25, 0.3) is 0 Å². The first kappa shape index (κ1) is 13.3.